The van der Waals surface area contributed by atoms with E-state index < -0.39 is 23.8 Å². The second kappa shape index (κ2) is 5.20. The number of benzene rings is 1. The van der Waals surface area contributed by atoms with E-state index in [1.807, 2.05) is 0 Å². The average Bonchev–Trinajstić information content (AvgIpc) is 2.48. The fourth-order valence-corrected chi connectivity index (χ4v) is 1.90. The molecule has 0 saturated carbocycles. The largest absolute Gasteiger partial charge is 0.478 e. The number of carboxylic acid groups (broad SMARTS) is 1. The van der Waals surface area contributed by atoms with E-state index in [0.717, 1.165) is 9.80 Å². The highest BCUT2D eigenvalue weighted by Gasteiger charge is 2.37. The van der Waals surface area contributed by atoms with Crippen LogP contribution in [0.15, 0.2) is 29.8 Å². The highest BCUT2D eigenvalue weighted by atomic mass is 16.4. The Hall–Kier alpha value is -2.96. The fourth-order valence-electron chi connectivity index (χ4n) is 1.90. The molecule has 1 heterocycles. The molecule has 1 aromatic carbocycles. The van der Waals surface area contributed by atoms with Gasteiger partial charge in [-0.25, -0.2) is 9.59 Å². The zero-order valence-corrected chi connectivity index (χ0v) is 11.4. The van der Waals surface area contributed by atoms with E-state index in [9.17, 15) is 19.2 Å². The number of carboxylic acids is 1. The van der Waals surface area contributed by atoms with Crippen LogP contribution in [0.3, 0.4) is 0 Å². The third kappa shape index (κ3) is 2.53. The van der Waals surface area contributed by atoms with Crippen LogP contribution in [-0.4, -0.2) is 52.8 Å². The van der Waals surface area contributed by atoms with Gasteiger partial charge in [0, 0.05) is 14.1 Å². The Morgan fingerprint density at radius 1 is 1.10 bits per heavy atom. The Kier molecular flexibility index (Phi) is 3.58. The van der Waals surface area contributed by atoms with Crippen LogP contribution < -0.4 is 0 Å². The number of hydrogen-bond acceptors (Lipinski definition) is 4. The van der Waals surface area contributed by atoms with Crippen molar-refractivity contribution in [1.82, 2.24) is 9.80 Å². The Labute approximate surface area is 120 Å². The van der Waals surface area contributed by atoms with Gasteiger partial charge in [-0.05, 0) is 23.8 Å². The van der Waals surface area contributed by atoms with Crippen molar-refractivity contribution >= 4 is 29.9 Å². The van der Waals surface area contributed by atoms with Crippen LogP contribution in [0.25, 0.3) is 6.08 Å². The lowest BCUT2D eigenvalue weighted by atomic mass is 10.0. The topological polar surface area (TPSA) is 95.0 Å². The third-order valence-electron chi connectivity index (χ3n) is 3.09. The van der Waals surface area contributed by atoms with Gasteiger partial charge >= 0.3 is 12.0 Å². The van der Waals surface area contributed by atoms with Gasteiger partial charge in [-0.3, -0.25) is 19.4 Å². The van der Waals surface area contributed by atoms with Crippen molar-refractivity contribution in [1.29, 1.82) is 0 Å². The van der Waals surface area contributed by atoms with Crippen molar-refractivity contribution in [2.45, 2.75) is 0 Å². The Morgan fingerprint density at radius 3 is 2.19 bits per heavy atom. The van der Waals surface area contributed by atoms with Gasteiger partial charge in [-0.15, -0.1) is 0 Å². The second-order valence-corrected chi connectivity index (χ2v) is 4.50. The second-order valence-electron chi connectivity index (χ2n) is 4.50. The van der Waals surface area contributed by atoms with Gasteiger partial charge in [-0.2, -0.15) is 0 Å². The Morgan fingerprint density at radius 2 is 1.67 bits per heavy atom. The Balaban J connectivity index is 2.46. The SMILES string of the molecule is CN1C(=O)C(=Cc2cccc(C(=O)O)c2)C(=O)N(C)C1=O. The third-order valence-corrected chi connectivity index (χ3v) is 3.09. The number of amides is 4. The number of carbonyl (C=O) groups excluding carboxylic acids is 3. The summed E-state index contributed by atoms with van der Waals surface area (Å²) in [7, 11) is 2.55. The summed E-state index contributed by atoms with van der Waals surface area (Å²) in [6.45, 7) is 0. The number of nitrogens with zero attached hydrogens (tertiary/aromatic N) is 2. The predicted octanol–water partition coefficient (Wildman–Crippen LogP) is 0.819. The maximum absolute atomic E-state index is 12.0. The van der Waals surface area contributed by atoms with Crippen molar-refractivity contribution in [3.8, 4) is 0 Å². The van der Waals surface area contributed by atoms with E-state index in [2.05, 4.69) is 0 Å². The molecule has 1 aliphatic rings. The van der Waals surface area contributed by atoms with Gasteiger partial charge in [0.1, 0.15) is 5.57 Å². The van der Waals surface area contributed by atoms with E-state index >= 15 is 0 Å². The van der Waals surface area contributed by atoms with Crippen molar-refractivity contribution in [2.75, 3.05) is 14.1 Å². The smallest absolute Gasteiger partial charge is 0.335 e. The number of rotatable bonds is 2. The molecule has 4 amide bonds. The Bertz CT molecular complexity index is 666. The number of hydrogen-bond donors (Lipinski definition) is 1. The molecule has 0 aromatic heterocycles. The van der Waals surface area contributed by atoms with Crippen molar-refractivity contribution < 1.29 is 24.3 Å². The molecule has 1 saturated heterocycles. The molecule has 0 radical (unpaired) electrons. The van der Waals surface area contributed by atoms with Crippen LogP contribution >= 0.6 is 0 Å². The maximum Gasteiger partial charge on any atom is 0.335 e. The standard InChI is InChI=1S/C14H12N2O5/c1-15-11(17)10(12(18)16(2)14(15)21)7-8-4-3-5-9(6-8)13(19)20/h3-7H,1-2H3,(H,19,20). The highest BCUT2D eigenvalue weighted by Crippen LogP contribution is 2.18. The molecule has 0 aliphatic carbocycles. The monoisotopic (exact) mass is 288 g/mol. The normalized spacial score (nSPS) is 15.5. The van der Waals surface area contributed by atoms with Crippen LogP contribution in [0, 0.1) is 0 Å². The number of likely N-dealkylation sites (N-methyl/N-ethyl adjacent to an activating group) is 2. The summed E-state index contributed by atoms with van der Waals surface area (Å²) in [6.07, 6.45) is 1.27. The van der Waals surface area contributed by atoms with Crippen LogP contribution in [-0.2, 0) is 9.59 Å². The number of barbiturate groups is 1. The molecule has 7 nitrogen and oxygen atoms in total. The molecule has 0 bridgehead atoms. The van der Waals surface area contributed by atoms with Gasteiger partial charge in [0.05, 0.1) is 5.56 Å². The lowest BCUT2D eigenvalue weighted by Gasteiger charge is -2.28. The van der Waals surface area contributed by atoms with Gasteiger partial charge in [0.25, 0.3) is 11.8 Å². The summed E-state index contributed by atoms with van der Waals surface area (Å²) in [5.74, 6) is -2.55. The van der Waals surface area contributed by atoms with Crippen LogP contribution in [0.5, 0.6) is 0 Å². The first-order valence-corrected chi connectivity index (χ1v) is 5.98. The molecule has 1 aromatic rings. The summed E-state index contributed by atoms with van der Waals surface area (Å²) < 4.78 is 0. The summed E-state index contributed by atoms with van der Waals surface area (Å²) in [4.78, 5) is 48.1. The van der Waals surface area contributed by atoms with Crippen LogP contribution in [0.2, 0.25) is 0 Å². The minimum atomic E-state index is -1.11. The summed E-state index contributed by atoms with van der Waals surface area (Å²) in [6, 6.07) is 5.10. The fraction of sp³-hybridized carbons (Fsp3) is 0.143. The number of carbonyl (C=O) groups is 4. The predicted molar refractivity (Wildman–Crippen MR) is 72.3 cm³/mol. The zero-order chi connectivity index (χ0) is 15.7. The minimum Gasteiger partial charge on any atom is -0.478 e. The highest BCUT2D eigenvalue weighted by molar-refractivity contribution is 6.30. The first kappa shape index (κ1) is 14.4. The van der Waals surface area contributed by atoms with Gasteiger partial charge < -0.3 is 5.11 Å². The average molecular weight is 288 g/mol. The maximum atomic E-state index is 12.0. The summed E-state index contributed by atoms with van der Waals surface area (Å²) in [5, 5.41) is 8.92. The molecule has 0 spiro atoms. The van der Waals surface area contributed by atoms with Gasteiger partial charge in [-0.1, -0.05) is 12.1 Å². The summed E-state index contributed by atoms with van der Waals surface area (Å²) >= 11 is 0. The number of urea groups is 1. The molecule has 108 valence electrons. The van der Waals surface area contributed by atoms with E-state index in [1.165, 1.54) is 38.4 Å². The number of imide groups is 2. The first-order chi connectivity index (χ1) is 9.82. The van der Waals surface area contributed by atoms with E-state index in [1.54, 1.807) is 6.07 Å². The number of aromatic carboxylic acids is 1. The molecule has 1 N–H and O–H groups in total. The molecular weight excluding hydrogens is 276 g/mol. The minimum absolute atomic E-state index is 0.0397. The molecule has 1 fully saturated rings. The first-order valence-electron chi connectivity index (χ1n) is 5.98. The lowest BCUT2D eigenvalue weighted by Crippen LogP contribution is -2.52. The van der Waals surface area contributed by atoms with E-state index in [0.29, 0.717) is 5.56 Å². The molecular formula is C14H12N2O5. The van der Waals surface area contributed by atoms with Crippen LogP contribution in [0.4, 0.5) is 4.79 Å². The quantitative estimate of drug-likeness (QED) is 0.642. The molecule has 0 unspecified atom stereocenters. The van der Waals surface area contributed by atoms with E-state index in [-0.39, 0.29) is 11.1 Å². The van der Waals surface area contributed by atoms with Crippen molar-refractivity contribution in [2.24, 2.45) is 0 Å². The van der Waals surface area contributed by atoms with Crippen molar-refractivity contribution in [3.63, 3.8) is 0 Å². The molecule has 7 heteroatoms. The molecule has 1 aliphatic heterocycles. The molecule has 21 heavy (non-hydrogen) atoms. The van der Waals surface area contributed by atoms with Crippen LogP contribution in [0.1, 0.15) is 15.9 Å². The lowest BCUT2D eigenvalue weighted by molar-refractivity contribution is -0.134. The zero-order valence-electron chi connectivity index (χ0n) is 11.4. The summed E-state index contributed by atoms with van der Waals surface area (Å²) in [5.41, 5.74) is 0.239. The van der Waals surface area contributed by atoms with Crippen molar-refractivity contribution in [3.05, 3.63) is 41.0 Å². The van der Waals surface area contributed by atoms with Gasteiger partial charge in [0.2, 0.25) is 0 Å². The molecule has 2 rings (SSSR count). The molecule has 0 atom stereocenters. The van der Waals surface area contributed by atoms with E-state index in [4.69, 9.17) is 5.11 Å². The van der Waals surface area contributed by atoms with Gasteiger partial charge in [0.15, 0.2) is 0 Å².